The van der Waals surface area contributed by atoms with Crippen LogP contribution in [0.25, 0.3) is 0 Å². The number of nitrogens with zero attached hydrogens (tertiary/aromatic N) is 3. The molecule has 0 aliphatic heterocycles. The maximum absolute atomic E-state index is 11.4. The molecule has 0 saturated heterocycles. The Morgan fingerprint density at radius 1 is 1.60 bits per heavy atom. The molecule has 1 unspecified atom stereocenters. The van der Waals surface area contributed by atoms with Gasteiger partial charge < -0.3 is 0 Å². The van der Waals surface area contributed by atoms with Gasteiger partial charge in [0.1, 0.15) is 5.78 Å². The summed E-state index contributed by atoms with van der Waals surface area (Å²) in [4.78, 5) is 11.4. The maximum atomic E-state index is 11.4. The lowest BCUT2D eigenvalue weighted by Crippen LogP contribution is -2.17. The minimum absolute atomic E-state index is 0.354. The molecule has 82 valence electrons. The minimum atomic E-state index is 0.354. The number of Topliss-reactive ketones (excluding diaryl/α,β-unsaturated/α-hetero) is 1. The highest BCUT2D eigenvalue weighted by Crippen LogP contribution is 2.30. The Balaban J connectivity index is 2.13. The normalized spacial score (nSPS) is 21.9. The molecule has 1 aromatic heterocycles. The molecule has 1 atom stereocenters. The number of ketones is 1. The molecule has 4 nitrogen and oxygen atoms in total. The molecule has 1 aliphatic rings. The Morgan fingerprint density at radius 2 is 2.47 bits per heavy atom. The molecule has 0 amide bonds. The van der Waals surface area contributed by atoms with E-state index in [-0.39, 0.29) is 0 Å². The van der Waals surface area contributed by atoms with E-state index in [0.29, 0.717) is 18.1 Å². The second-order valence-corrected chi connectivity index (χ2v) is 4.21. The van der Waals surface area contributed by atoms with E-state index in [2.05, 4.69) is 17.2 Å². The fourth-order valence-electron chi connectivity index (χ4n) is 2.24. The third kappa shape index (κ3) is 2.25. The average Bonchev–Trinajstić information content (AvgIpc) is 2.66. The van der Waals surface area contributed by atoms with E-state index in [1.165, 1.54) is 0 Å². The van der Waals surface area contributed by atoms with Gasteiger partial charge in [-0.15, -0.1) is 5.10 Å². The number of hydrogen-bond donors (Lipinski definition) is 0. The summed E-state index contributed by atoms with van der Waals surface area (Å²) < 4.78 is 1.95. The standard InChI is InChI=1S/C11H17N3O/c1-2-6-14-11(8-12-13-14)9-4-3-5-10(15)7-9/h8-9H,2-7H2,1H3. The van der Waals surface area contributed by atoms with Crippen LogP contribution >= 0.6 is 0 Å². The van der Waals surface area contributed by atoms with Gasteiger partial charge in [0.25, 0.3) is 0 Å². The van der Waals surface area contributed by atoms with Crippen molar-refractivity contribution in [3.63, 3.8) is 0 Å². The fourth-order valence-corrected chi connectivity index (χ4v) is 2.24. The topological polar surface area (TPSA) is 47.8 Å². The number of hydrogen-bond acceptors (Lipinski definition) is 3. The Kier molecular flexibility index (Phi) is 3.14. The summed E-state index contributed by atoms with van der Waals surface area (Å²) in [5, 5.41) is 8.00. The third-order valence-electron chi connectivity index (χ3n) is 2.98. The quantitative estimate of drug-likeness (QED) is 0.760. The predicted molar refractivity (Wildman–Crippen MR) is 56.5 cm³/mol. The largest absolute Gasteiger partial charge is 0.300 e. The highest BCUT2D eigenvalue weighted by molar-refractivity contribution is 5.79. The maximum Gasteiger partial charge on any atom is 0.133 e. The van der Waals surface area contributed by atoms with Crippen molar-refractivity contribution in [2.75, 3.05) is 0 Å². The van der Waals surface area contributed by atoms with Gasteiger partial charge in [0.05, 0.1) is 11.9 Å². The zero-order valence-corrected chi connectivity index (χ0v) is 9.15. The molecule has 1 aromatic rings. The molecule has 2 rings (SSSR count). The molecule has 1 heterocycles. The summed E-state index contributed by atoms with van der Waals surface area (Å²) in [7, 11) is 0. The van der Waals surface area contributed by atoms with Crippen LogP contribution in [-0.2, 0) is 11.3 Å². The Morgan fingerprint density at radius 3 is 3.20 bits per heavy atom. The Bertz CT molecular complexity index is 345. The summed E-state index contributed by atoms with van der Waals surface area (Å²) in [5.74, 6) is 0.739. The monoisotopic (exact) mass is 207 g/mol. The first kappa shape index (κ1) is 10.3. The summed E-state index contributed by atoms with van der Waals surface area (Å²) in [6.07, 6.45) is 6.42. The van der Waals surface area contributed by atoms with E-state index in [9.17, 15) is 4.79 Å². The highest BCUT2D eigenvalue weighted by Gasteiger charge is 2.23. The van der Waals surface area contributed by atoms with Crippen molar-refractivity contribution in [2.45, 2.75) is 51.5 Å². The van der Waals surface area contributed by atoms with Crippen LogP contribution in [0.4, 0.5) is 0 Å². The highest BCUT2D eigenvalue weighted by atomic mass is 16.1. The van der Waals surface area contributed by atoms with Crippen molar-refractivity contribution in [3.05, 3.63) is 11.9 Å². The lowest BCUT2D eigenvalue weighted by molar-refractivity contribution is -0.120. The summed E-state index contributed by atoms with van der Waals surface area (Å²) in [5.41, 5.74) is 1.14. The van der Waals surface area contributed by atoms with Crippen LogP contribution in [0.1, 0.15) is 50.6 Å². The first-order valence-electron chi connectivity index (χ1n) is 5.71. The molecule has 0 N–H and O–H groups in total. The zero-order chi connectivity index (χ0) is 10.7. The van der Waals surface area contributed by atoms with Crippen LogP contribution in [0, 0.1) is 0 Å². The van der Waals surface area contributed by atoms with Gasteiger partial charge in [-0.25, -0.2) is 4.68 Å². The number of carbonyl (C=O) groups is 1. The first-order chi connectivity index (χ1) is 7.31. The number of aryl methyl sites for hydroxylation is 1. The molecule has 1 fully saturated rings. The van der Waals surface area contributed by atoms with Gasteiger partial charge in [-0.1, -0.05) is 12.1 Å². The van der Waals surface area contributed by atoms with E-state index in [1.54, 1.807) is 0 Å². The first-order valence-corrected chi connectivity index (χ1v) is 5.71. The van der Waals surface area contributed by atoms with Crippen molar-refractivity contribution in [3.8, 4) is 0 Å². The van der Waals surface area contributed by atoms with E-state index in [0.717, 1.165) is 37.9 Å². The summed E-state index contributed by atoms with van der Waals surface area (Å²) >= 11 is 0. The lowest BCUT2D eigenvalue weighted by atomic mass is 9.86. The van der Waals surface area contributed by atoms with E-state index in [4.69, 9.17) is 0 Å². The fraction of sp³-hybridized carbons (Fsp3) is 0.727. The smallest absolute Gasteiger partial charge is 0.133 e. The number of carbonyl (C=O) groups excluding carboxylic acids is 1. The van der Waals surface area contributed by atoms with Crippen LogP contribution in [0.2, 0.25) is 0 Å². The Hall–Kier alpha value is -1.19. The zero-order valence-electron chi connectivity index (χ0n) is 9.15. The van der Waals surface area contributed by atoms with E-state index >= 15 is 0 Å². The van der Waals surface area contributed by atoms with Crippen molar-refractivity contribution in [2.24, 2.45) is 0 Å². The second-order valence-electron chi connectivity index (χ2n) is 4.21. The van der Waals surface area contributed by atoms with Gasteiger partial charge >= 0.3 is 0 Å². The third-order valence-corrected chi connectivity index (χ3v) is 2.98. The van der Waals surface area contributed by atoms with Gasteiger partial charge in [0, 0.05) is 25.3 Å². The average molecular weight is 207 g/mol. The van der Waals surface area contributed by atoms with Crippen molar-refractivity contribution in [1.82, 2.24) is 15.0 Å². The van der Waals surface area contributed by atoms with Gasteiger partial charge in [-0.2, -0.15) is 0 Å². The molecule has 4 heteroatoms. The SMILES string of the molecule is CCCn1nncc1C1CCCC(=O)C1. The molecule has 0 radical (unpaired) electrons. The van der Waals surface area contributed by atoms with E-state index < -0.39 is 0 Å². The molecule has 1 aliphatic carbocycles. The summed E-state index contributed by atoms with van der Waals surface area (Å²) in [6, 6.07) is 0. The van der Waals surface area contributed by atoms with Gasteiger partial charge in [-0.05, 0) is 19.3 Å². The molecular weight excluding hydrogens is 190 g/mol. The van der Waals surface area contributed by atoms with Gasteiger partial charge in [0.2, 0.25) is 0 Å². The van der Waals surface area contributed by atoms with Gasteiger partial charge in [-0.3, -0.25) is 4.79 Å². The van der Waals surface area contributed by atoms with Crippen LogP contribution in [0.15, 0.2) is 6.20 Å². The Labute approximate surface area is 89.7 Å². The van der Waals surface area contributed by atoms with Gasteiger partial charge in [0.15, 0.2) is 0 Å². The number of aromatic nitrogens is 3. The van der Waals surface area contributed by atoms with Crippen LogP contribution in [0.3, 0.4) is 0 Å². The summed E-state index contributed by atoms with van der Waals surface area (Å²) in [6.45, 7) is 3.03. The van der Waals surface area contributed by atoms with Crippen molar-refractivity contribution < 1.29 is 4.79 Å². The molecule has 0 bridgehead atoms. The van der Waals surface area contributed by atoms with Crippen molar-refractivity contribution >= 4 is 5.78 Å². The molecule has 0 spiro atoms. The lowest BCUT2D eigenvalue weighted by Gasteiger charge is -2.20. The predicted octanol–water partition coefficient (Wildman–Crippen LogP) is 1.91. The number of rotatable bonds is 3. The van der Waals surface area contributed by atoms with Crippen LogP contribution in [0.5, 0.6) is 0 Å². The van der Waals surface area contributed by atoms with E-state index in [1.807, 2.05) is 10.9 Å². The van der Waals surface area contributed by atoms with Crippen LogP contribution in [-0.4, -0.2) is 20.8 Å². The molecule has 1 saturated carbocycles. The molecular formula is C11H17N3O. The minimum Gasteiger partial charge on any atom is -0.300 e. The molecule has 0 aromatic carbocycles. The molecule has 15 heavy (non-hydrogen) atoms. The van der Waals surface area contributed by atoms with Crippen LogP contribution < -0.4 is 0 Å². The second kappa shape index (κ2) is 4.55. The van der Waals surface area contributed by atoms with Crippen molar-refractivity contribution in [1.29, 1.82) is 0 Å².